The van der Waals surface area contributed by atoms with Crippen LogP contribution < -0.4 is 18.9 Å². The summed E-state index contributed by atoms with van der Waals surface area (Å²) in [6.07, 6.45) is 0. The molecule has 0 atom stereocenters. The molecule has 9 heteroatoms. The van der Waals surface area contributed by atoms with E-state index in [-0.39, 0.29) is 29.5 Å². The Morgan fingerprint density at radius 3 is 2.68 bits per heavy atom. The highest BCUT2D eigenvalue weighted by Gasteiger charge is 2.20. The number of fused-ring (bicyclic) bond motifs is 1. The number of aromatic carboxylic acids is 1. The van der Waals surface area contributed by atoms with Crippen LogP contribution in [0.4, 0.5) is 0 Å². The molecular weight excluding hydrogens is 350 g/mol. The first-order valence-corrected chi connectivity index (χ1v) is 8.68. The second-order valence-electron chi connectivity index (χ2n) is 5.18. The summed E-state index contributed by atoms with van der Waals surface area (Å²) in [5.41, 5.74) is 0.452. The molecule has 2 N–H and O–H groups in total. The molecule has 0 amide bonds. The molecule has 0 saturated carbocycles. The second-order valence-corrected chi connectivity index (χ2v) is 6.95. The van der Waals surface area contributed by atoms with Crippen molar-refractivity contribution in [3.63, 3.8) is 0 Å². The second kappa shape index (κ2) is 6.61. The number of carboxylic acids is 1. The lowest BCUT2D eigenvalue weighted by Crippen LogP contribution is -2.23. The van der Waals surface area contributed by atoms with Crippen molar-refractivity contribution in [2.24, 2.45) is 0 Å². The molecule has 0 spiro atoms. The minimum absolute atomic E-state index is 0.0212. The zero-order chi connectivity index (χ0) is 18.0. The van der Waals surface area contributed by atoms with Crippen LogP contribution >= 0.6 is 0 Å². The number of nitrogens with one attached hydrogen (secondary N) is 1. The standard InChI is InChI=1S/C16H15NO7S/c1-22-13-5-3-11(7-12(13)16(18)19)25(20,21)17-8-10-2-4-14-15(6-10)24-9-23-14/h2-7,17H,8-9H2,1H3,(H,18,19). The molecule has 0 saturated heterocycles. The quantitative estimate of drug-likeness (QED) is 0.800. The van der Waals surface area contributed by atoms with Crippen LogP contribution in [0.5, 0.6) is 17.2 Å². The lowest BCUT2D eigenvalue weighted by atomic mass is 10.2. The van der Waals surface area contributed by atoms with Crippen LogP contribution in [-0.4, -0.2) is 33.4 Å². The summed E-state index contributed by atoms with van der Waals surface area (Å²) < 4.78 is 42.6. The highest BCUT2D eigenvalue weighted by Crippen LogP contribution is 2.32. The zero-order valence-corrected chi connectivity index (χ0v) is 14.0. The van der Waals surface area contributed by atoms with E-state index in [1.165, 1.54) is 19.2 Å². The Labute approximate surface area is 144 Å². The van der Waals surface area contributed by atoms with E-state index in [2.05, 4.69) is 4.72 Å². The molecule has 0 fully saturated rings. The van der Waals surface area contributed by atoms with Gasteiger partial charge in [-0.2, -0.15) is 0 Å². The van der Waals surface area contributed by atoms with Gasteiger partial charge in [0.2, 0.25) is 16.8 Å². The van der Waals surface area contributed by atoms with E-state index >= 15 is 0 Å². The minimum atomic E-state index is -3.89. The number of hydrogen-bond acceptors (Lipinski definition) is 6. The molecule has 0 unspecified atom stereocenters. The number of benzene rings is 2. The normalized spacial score (nSPS) is 12.8. The van der Waals surface area contributed by atoms with E-state index < -0.39 is 16.0 Å². The van der Waals surface area contributed by atoms with Gasteiger partial charge in [-0.05, 0) is 35.9 Å². The van der Waals surface area contributed by atoms with Gasteiger partial charge < -0.3 is 19.3 Å². The monoisotopic (exact) mass is 365 g/mol. The summed E-state index contributed by atoms with van der Waals surface area (Å²) in [4.78, 5) is 11.1. The van der Waals surface area contributed by atoms with Gasteiger partial charge in [-0.15, -0.1) is 0 Å². The fourth-order valence-electron chi connectivity index (χ4n) is 2.33. The van der Waals surface area contributed by atoms with E-state index in [0.717, 1.165) is 6.07 Å². The van der Waals surface area contributed by atoms with Crippen LogP contribution in [0.2, 0.25) is 0 Å². The summed E-state index contributed by atoms with van der Waals surface area (Å²) in [5.74, 6) is -0.0333. The van der Waals surface area contributed by atoms with E-state index in [9.17, 15) is 13.2 Å². The Hall–Kier alpha value is -2.78. The van der Waals surface area contributed by atoms with Crippen molar-refractivity contribution in [3.05, 3.63) is 47.5 Å². The first-order chi connectivity index (χ1) is 11.9. The van der Waals surface area contributed by atoms with E-state index in [4.69, 9.17) is 19.3 Å². The van der Waals surface area contributed by atoms with Crippen molar-refractivity contribution in [2.45, 2.75) is 11.4 Å². The minimum Gasteiger partial charge on any atom is -0.496 e. The van der Waals surface area contributed by atoms with Crippen LogP contribution in [0.15, 0.2) is 41.3 Å². The predicted molar refractivity (Wildman–Crippen MR) is 86.5 cm³/mol. The van der Waals surface area contributed by atoms with Gasteiger partial charge in [-0.25, -0.2) is 17.9 Å². The van der Waals surface area contributed by atoms with Gasteiger partial charge in [0.05, 0.1) is 12.0 Å². The summed E-state index contributed by atoms with van der Waals surface area (Å²) >= 11 is 0. The van der Waals surface area contributed by atoms with E-state index in [1.807, 2.05) is 0 Å². The van der Waals surface area contributed by atoms with Crippen LogP contribution in [0.25, 0.3) is 0 Å². The fraction of sp³-hybridized carbons (Fsp3) is 0.188. The van der Waals surface area contributed by atoms with E-state index in [1.54, 1.807) is 18.2 Å². The average Bonchev–Trinajstić information content (AvgIpc) is 3.07. The first-order valence-electron chi connectivity index (χ1n) is 7.20. The van der Waals surface area contributed by atoms with Crippen LogP contribution in [0, 0.1) is 0 Å². The highest BCUT2D eigenvalue weighted by molar-refractivity contribution is 7.89. The summed E-state index contributed by atoms with van der Waals surface area (Å²) in [6, 6.07) is 8.74. The molecule has 132 valence electrons. The maximum absolute atomic E-state index is 12.4. The van der Waals surface area contributed by atoms with E-state index in [0.29, 0.717) is 17.1 Å². The van der Waals surface area contributed by atoms with Gasteiger partial charge in [-0.1, -0.05) is 6.07 Å². The third-order valence-electron chi connectivity index (χ3n) is 3.61. The smallest absolute Gasteiger partial charge is 0.339 e. The number of sulfonamides is 1. The molecule has 0 aromatic heterocycles. The zero-order valence-electron chi connectivity index (χ0n) is 13.2. The Kier molecular flexibility index (Phi) is 4.51. The van der Waals surface area contributed by atoms with Crippen molar-refractivity contribution >= 4 is 16.0 Å². The SMILES string of the molecule is COc1ccc(S(=O)(=O)NCc2ccc3c(c2)OCO3)cc1C(=O)O. The number of ether oxygens (including phenoxy) is 3. The number of methoxy groups -OCH3 is 1. The number of hydrogen-bond donors (Lipinski definition) is 2. The molecule has 25 heavy (non-hydrogen) atoms. The van der Waals surface area contributed by atoms with Gasteiger partial charge in [0, 0.05) is 6.54 Å². The third-order valence-corrected chi connectivity index (χ3v) is 5.01. The largest absolute Gasteiger partial charge is 0.496 e. The topological polar surface area (TPSA) is 111 Å². The Bertz CT molecular complexity index is 924. The average molecular weight is 365 g/mol. The van der Waals surface area contributed by atoms with Gasteiger partial charge in [0.1, 0.15) is 11.3 Å². The Morgan fingerprint density at radius 1 is 1.20 bits per heavy atom. The maximum Gasteiger partial charge on any atom is 0.339 e. The van der Waals surface area contributed by atoms with Crippen molar-refractivity contribution < 1.29 is 32.5 Å². The molecule has 0 aliphatic carbocycles. The van der Waals surface area contributed by atoms with Gasteiger partial charge in [0.25, 0.3) is 0 Å². The van der Waals surface area contributed by atoms with Crippen molar-refractivity contribution in [2.75, 3.05) is 13.9 Å². The third kappa shape index (κ3) is 3.52. The van der Waals surface area contributed by atoms with Crippen LogP contribution in [0.3, 0.4) is 0 Å². The molecule has 3 rings (SSSR count). The van der Waals surface area contributed by atoms with Crippen molar-refractivity contribution in [3.8, 4) is 17.2 Å². The van der Waals surface area contributed by atoms with Gasteiger partial charge in [0.15, 0.2) is 11.5 Å². The fourth-order valence-corrected chi connectivity index (χ4v) is 3.38. The molecule has 2 aromatic carbocycles. The van der Waals surface area contributed by atoms with Gasteiger partial charge >= 0.3 is 5.97 Å². The molecular formula is C16H15NO7S. The number of rotatable bonds is 6. The molecule has 1 aliphatic heterocycles. The van der Waals surface area contributed by atoms with Crippen molar-refractivity contribution in [1.29, 1.82) is 0 Å². The van der Waals surface area contributed by atoms with Crippen molar-refractivity contribution in [1.82, 2.24) is 4.72 Å². The predicted octanol–water partition coefficient (Wildman–Crippen LogP) is 1.60. The molecule has 0 bridgehead atoms. The molecule has 8 nitrogen and oxygen atoms in total. The van der Waals surface area contributed by atoms with Crippen LogP contribution in [0.1, 0.15) is 15.9 Å². The lowest BCUT2D eigenvalue weighted by Gasteiger charge is -2.10. The molecule has 2 aromatic rings. The first kappa shape index (κ1) is 17.1. The summed E-state index contributed by atoms with van der Waals surface area (Å²) in [6.45, 7) is 0.154. The van der Waals surface area contributed by atoms with Crippen LogP contribution in [-0.2, 0) is 16.6 Å². The Balaban J connectivity index is 1.80. The molecule has 0 radical (unpaired) electrons. The number of carboxylic acid groups (broad SMARTS) is 1. The molecule has 1 heterocycles. The maximum atomic E-state index is 12.4. The summed E-state index contributed by atoms with van der Waals surface area (Å²) in [7, 11) is -2.58. The molecule has 1 aliphatic rings. The van der Waals surface area contributed by atoms with Gasteiger partial charge in [-0.3, -0.25) is 0 Å². The lowest BCUT2D eigenvalue weighted by molar-refractivity contribution is 0.0693. The Morgan fingerprint density at radius 2 is 1.96 bits per heavy atom. The number of carbonyl (C=O) groups is 1. The summed E-state index contributed by atoms with van der Waals surface area (Å²) in [5, 5.41) is 9.16. The highest BCUT2D eigenvalue weighted by atomic mass is 32.2.